The number of aliphatic carboxylic acids is 4. The Morgan fingerprint density at radius 3 is 1.40 bits per heavy atom. The number of unbranched alkanes of at least 4 members (excludes halogenated alkanes) is 10. The van der Waals surface area contributed by atoms with Gasteiger partial charge in [-0.05, 0) is 109 Å². The fraction of sp³-hybridized carbons (Fsp3) is 0.660. The predicted molar refractivity (Wildman–Crippen MR) is 241 cm³/mol. The third-order valence-electron chi connectivity index (χ3n) is 12.2. The van der Waals surface area contributed by atoms with Crippen LogP contribution in [0.15, 0.2) is 28.7 Å². The van der Waals surface area contributed by atoms with Crippen LogP contribution in [0.5, 0.6) is 23.0 Å². The van der Waals surface area contributed by atoms with E-state index >= 15 is 0 Å². The van der Waals surface area contributed by atoms with Crippen molar-refractivity contribution in [1.29, 1.82) is 0 Å². The molecule has 0 aromatic heterocycles. The van der Waals surface area contributed by atoms with Crippen molar-refractivity contribution in [3.8, 4) is 23.0 Å². The van der Waals surface area contributed by atoms with E-state index in [9.17, 15) is 39.6 Å². The van der Waals surface area contributed by atoms with Crippen LogP contribution in [-0.2, 0) is 32.3 Å². The second-order valence-electron chi connectivity index (χ2n) is 16.8. The molecule has 0 radical (unpaired) electrons. The molecule has 0 amide bonds. The van der Waals surface area contributed by atoms with E-state index in [1.807, 2.05) is 31.2 Å². The van der Waals surface area contributed by atoms with Crippen LogP contribution in [0.2, 0.25) is 0 Å². The molecule has 0 aliphatic heterocycles. The summed E-state index contributed by atoms with van der Waals surface area (Å²) in [7, 11) is 3.22. The number of hydrogen-bond acceptors (Lipinski definition) is 10. The maximum absolute atomic E-state index is 11.5. The van der Waals surface area contributed by atoms with Crippen LogP contribution < -0.4 is 29.6 Å². The molecule has 0 bridgehead atoms. The maximum Gasteiger partial charge on any atom is 0.321 e. The third kappa shape index (κ3) is 15.0. The first-order valence-electron chi connectivity index (χ1n) is 22.4. The van der Waals surface area contributed by atoms with Gasteiger partial charge in [-0.25, -0.2) is 0 Å². The summed E-state index contributed by atoms with van der Waals surface area (Å²) in [4.78, 5) is 45.9. The minimum absolute atomic E-state index is 0.0788. The molecule has 2 aromatic carbocycles. The molecule has 2 fully saturated rings. The summed E-state index contributed by atoms with van der Waals surface area (Å²) >= 11 is 3.56. The highest BCUT2D eigenvalue weighted by Gasteiger charge is 2.53. The van der Waals surface area contributed by atoms with Gasteiger partial charge in [0.2, 0.25) is 0 Å². The van der Waals surface area contributed by atoms with E-state index in [2.05, 4.69) is 40.4 Å². The minimum Gasteiger partial charge on any atom is -0.493 e. The lowest BCUT2D eigenvalue weighted by Crippen LogP contribution is -2.39. The monoisotopic (exact) mass is 934 g/mol. The lowest BCUT2D eigenvalue weighted by molar-refractivity contribution is -0.166. The number of rotatable bonds is 28. The molecule has 14 nitrogen and oxygen atoms in total. The summed E-state index contributed by atoms with van der Waals surface area (Å²) in [6.07, 6.45) is 15.9. The number of ether oxygens (including phenoxy) is 4. The maximum atomic E-state index is 11.5. The Hall–Kier alpha value is -4.08. The Kier molecular flexibility index (Phi) is 22.4. The smallest absolute Gasteiger partial charge is 0.321 e. The topological polar surface area (TPSA) is 210 Å². The van der Waals surface area contributed by atoms with Crippen LogP contribution in [-0.4, -0.2) is 83.8 Å². The van der Waals surface area contributed by atoms with Crippen LogP contribution in [0, 0.1) is 17.8 Å². The second-order valence-corrected chi connectivity index (χ2v) is 17.7. The van der Waals surface area contributed by atoms with Crippen LogP contribution in [0.3, 0.4) is 0 Å². The highest BCUT2D eigenvalue weighted by molar-refractivity contribution is 9.10. The van der Waals surface area contributed by atoms with Crippen molar-refractivity contribution in [3.05, 3.63) is 45.4 Å². The molecule has 348 valence electrons. The van der Waals surface area contributed by atoms with E-state index in [0.717, 1.165) is 46.2 Å². The van der Waals surface area contributed by atoms with Gasteiger partial charge in [0, 0.05) is 25.2 Å². The molecule has 2 saturated carbocycles. The third-order valence-corrected chi connectivity index (χ3v) is 12.7. The first-order valence-corrected chi connectivity index (χ1v) is 23.2. The number of methoxy groups -OCH3 is 2. The average molecular weight is 936 g/mol. The number of aryl methyl sites for hydroxylation is 1. The number of nitrogens with one attached hydrogen (secondary N) is 2. The Bertz CT molecular complexity index is 1600. The zero-order valence-corrected chi connectivity index (χ0v) is 39.0. The SMILES string of the molecule is CCCCCCCCOc1c(Br)cc(CNC2CCC(C(=O)O)(C(=O)O)C2)cc1OC.CCCCCCCCOc1c(C)cc(CNC2CCC(C(=O)O)(C(=O)O)C2)cc1OC. The van der Waals surface area contributed by atoms with Gasteiger partial charge in [0.05, 0.1) is 31.9 Å². The number of carboxylic acids is 4. The van der Waals surface area contributed by atoms with Gasteiger partial charge in [-0.3, -0.25) is 19.2 Å². The molecular weight excluding hydrogens is 864 g/mol. The van der Waals surface area contributed by atoms with Gasteiger partial charge in [0.1, 0.15) is 0 Å². The molecule has 2 aliphatic rings. The molecule has 2 aromatic rings. The summed E-state index contributed by atoms with van der Waals surface area (Å²) < 4.78 is 23.8. The van der Waals surface area contributed by atoms with Crippen molar-refractivity contribution in [2.75, 3.05) is 27.4 Å². The quantitative estimate of drug-likeness (QED) is 0.0347. The molecule has 0 saturated heterocycles. The fourth-order valence-corrected chi connectivity index (χ4v) is 8.91. The highest BCUT2D eigenvalue weighted by Crippen LogP contribution is 2.41. The van der Waals surface area contributed by atoms with Gasteiger partial charge in [-0.1, -0.05) is 84.1 Å². The lowest BCUT2D eigenvalue weighted by atomic mass is 9.86. The number of halogens is 1. The second kappa shape index (κ2) is 26.5. The van der Waals surface area contributed by atoms with E-state index in [4.69, 9.17) is 18.9 Å². The highest BCUT2D eigenvalue weighted by atomic mass is 79.9. The Morgan fingerprint density at radius 1 is 0.613 bits per heavy atom. The van der Waals surface area contributed by atoms with Gasteiger partial charge in [-0.2, -0.15) is 0 Å². The predicted octanol–water partition coefficient (Wildman–Crippen LogP) is 9.54. The summed E-state index contributed by atoms with van der Waals surface area (Å²) in [6.45, 7) is 8.69. The molecule has 2 aliphatic carbocycles. The Balaban J connectivity index is 0.000000330. The molecule has 62 heavy (non-hydrogen) atoms. The molecule has 15 heteroatoms. The van der Waals surface area contributed by atoms with E-state index < -0.39 is 34.7 Å². The van der Waals surface area contributed by atoms with Crippen molar-refractivity contribution < 1.29 is 58.6 Å². The number of carbonyl (C=O) groups is 4. The summed E-state index contributed by atoms with van der Waals surface area (Å²) in [5, 5.41) is 44.1. The summed E-state index contributed by atoms with van der Waals surface area (Å²) in [5.74, 6) is -2.29. The molecular formula is C47H71BrN2O12. The molecule has 0 heterocycles. The molecule has 0 spiro atoms. The standard InChI is InChI=1S/C24H37NO6.C23H34BrNO6/c1-4-5-6-7-8-9-12-31-21-17(2)13-18(14-20(21)30-3)16-25-19-10-11-24(15-19,22(26)27)23(28)29;1-3-4-5-6-7-8-11-31-20-18(24)12-16(13-19(20)30-2)15-25-17-9-10-23(14-17,21(26)27)22(28)29/h13-14,19,25H,4-12,15-16H2,1-3H3,(H,26,27)(H,28,29);12-13,17,25H,3-11,14-15H2,1-2H3,(H,26,27)(H,28,29). The number of carboxylic acid groups (broad SMARTS) is 4. The first kappa shape index (κ1) is 52.3. The van der Waals surface area contributed by atoms with Crippen LogP contribution in [0.25, 0.3) is 0 Å². The van der Waals surface area contributed by atoms with Crippen molar-refractivity contribution in [3.63, 3.8) is 0 Å². The average Bonchev–Trinajstić information content (AvgIpc) is 3.90. The Labute approximate surface area is 376 Å². The molecule has 2 unspecified atom stereocenters. The first-order chi connectivity index (χ1) is 29.7. The van der Waals surface area contributed by atoms with Gasteiger partial charge < -0.3 is 50.0 Å². The van der Waals surface area contributed by atoms with E-state index in [1.165, 1.54) is 57.8 Å². The van der Waals surface area contributed by atoms with Crippen molar-refractivity contribution in [1.82, 2.24) is 10.6 Å². The van der Waals surface area contributed by atoms with Gasteiger partial charge >= 0.3 is 23.9 Å². The van der Waals surface area contributed by atoms with Crippen molar-refractivity contribution in [2.45, 2.75) is 162 Å². The Morgan fingerprint density at radius 2 is 1.00 bits per heavy atom. The largest absolute Gasteiger partial charge is 0.493 e. The van der Waals surface area contributed by atoms with Gasteiger partial charge in [0.15, 0.2) is 33.8 Å². The van der Waals surface area contributed by atoms with E-state index in [-0.39, 0.29) is 37.8 Å². The number of hydrogen-bond donors (Lipinski definition) is 6. The fourth-order valence-electron chi connectivity index (χ4n) is 8.30. The van der Waals surface area contributed by atoms with Crippen molar-refractivity contribution >= 4 is 39.8 Å². The molecule has 6 N–H and O–H groups in total. The van der Waals surface area contributed by atoms with Gasteiger partial charge in [-0.15, -0.1) is 0 Å². The van der Waals surface area contributed by atoms with Crippen LogP contribution in [0.1, 0.15) is 146 Å². The van der Waals surface area contributed by atoms with Crippen LogP contribution in [0.4, 0.5) is 0 Å². The zero-order valence-electron chi connectivity index (χ0n) is 37.5. The number of benzene rings is 2. The van der Waals surface area contributed by atoms with Gasteiger partial charge in [0.25, 0.3) is 0 Å². The van der Waals surface area contributed by atoms with Crippen molar-refractivity contribution in [2.24, 2.45) is 10.8 Å². The van der Waals surface area contributed by atoms with E-state index in [0.29, 0.717) is 56.4 Å². The molecule has 4 rings (SSSR count). The summed E-state index contributed by atoms with van der Waals surface area (Å²) in [6, 6.07) is 7.48. The lowest BCUT2D eigenvalue weighted by Gasteiger charge is -2.20. The molecule has 2 atom stereocenters. The minimum atomic E-state index is -1.69. The summed E-state index contributed by atoms with van der Waals surface area (Å²) in [5.41, 5.74) is -0.453. The normalized spacial score (nSPS) is 17.5. The van der Waals surface area contributed by atoms with Crippen LogP contribution >= 0.6 is 15.9 Å². The van der Waals surface area contributed by atoms with E-state index in [1.54, 1.807) is 14.2 Å². The zero-order chi connectivity index (χ0) is 45.7.